The third-order valence-corrected chi connectivity index (χ3v) is 6.21. The molecule has 0 amide bonds. The monoisotopic (exact) mass is 386 g/mol. The van der Waals surface area contributed by atoms with Gasteiger partial charge in [-0.1, -0.05) is 63.1 Å². The molecule has 0 N–H and O–H groups in total. The third-order valence-electron chi connectivity index (χ3n) is 6.21. The molecule has 1 atom stereocenters. The van der Waals surface area contributed by atoms with Gasteiger partial charge in [0, 0.05) is 0 Å². The predicted molar refractivity (Wildman–Crippen MR) is 111 cm³/mol. The maximum Gasteiger partial charge on any atom is 0.387 e. The Hall–Kier alpha value is -1.90. The average molecular weight is 387 g/mol. The minimum Gasteiger partial charge on any atom is -0.435 e. The zero-order valence-corrected chi connectivity index (χ0v) is 17.0. The molecule has 0 aliphatic heterocycles. The Kier molecular flexibility index (Phi) is 7.47. The zero-order chi connectivity index (χ0) is 19.9. The van der Waals surface area contributed by atoms with E-state index in [9.17, 15) is 8.78 Å². The van der Waals surface area contributed by atoms with Crippen LogP contribution in [0, 0.1) is 5.92 Å². The molecule has 1 saturated carbocycles. The van der Waals surface area contributed by atoms with E-state index in [1.54, 1.807) is 12.1 Å². The quantitative estimate of drug-likeness (QED) is 0.451. The van der Waals surface area contributed by atoms with Crippen molar-refractivity contribution in [3.8, 4) is 5.75 Å². The summed E-state index contributed by atoms with van der Waals surface area (Å²) in [6.45, 7) is 1.69. The summed E-state index contributed by atoms with van der Waals surface area (Å²) in [7, 11) is 0. The summed E-state index contributed by atoms with van der Waals surface area (Å²) in [6, 6.07) is 16.2. The normalized spacial score (nSPS) is 20.9. The highest BCUT2D eigenvalue weighted by molar-refractivity contribution is 5.32. The summed E-state index contributed by atoms with van der Waals surface area (Å²) in [5.41, 5.74) is 3.95. The lowest BCUT2D eigenvalue weighted by Crippen LogP contribution is -2.13. The first-order valence-electron chi connectivity index (χ1n) is 10.7. The summed E-state index contributed by atoms with van der Waals surface area (Å²) in [4.78, 5) is 0. The Morgan fingerprint density at radius 2 is 1.57 bits per heavy atom. The predicted octanol–water partition coefficient (Wildman–Crippen LogP) is 7.71. The van der Waals surface area contributed by atoms with E-state index in [-0.39, 0.29) is 5.75 Å². The van der Waals surface area contributed by atoms with E-state index < -0.39 is 6.61 Å². The molecule has 1 aliphatic carbocycles. The standard InChI is InChI=1S/C25H32F2O/c1-3-4-19-5-9-22(10-6-19)23-11-7-20(8-12-23)17-18(2)21-13-15-24(16-14-21)28-25(26)27/h7-8,11-16,18-19,22,25H,3-6,9-10,17H2,1-2H3/t18-,19?,22?/m1/s1. The van der Waals surface area contributed by atoms with Crippen molar-refractivity contribution in [1.82, 2.24) is 0 Å². The molecule has 3 heteroatoms. The minimum absolute atomic E-state index is 0.212. The van der Waals surface area contributed by atoms with Gasteiger partial charge < -0.3 is 4.74 Å². The second kappa shape index (κ2) is 10.0. The van der Waals surface area contributed by atoms with Gasteiger partial charge in [0.25, 0.3) is 0 Å². The van der Waals surface area contributed by atoms with Gasteiger partial charge in [0.05, 0.1) is 0 Å². The van der Waals surface area contributed by atoms with Crippen LogP contribution in [0.15, 0.2) is 48.5 Å². The van der Waals surface area contributed by atoms with Crippen LogP contribution in [-0.4, -0.2) is 6.61 Å². The maximum absolute atomic E-state index is 12.3. The zero-order valence-electron chi connectivity index (χ0n) is 17.0. The van der Waals surface area contributed by atoms with Crippen molar-refractivity contribution in [3.05, 3.63) is 65.2 Å². The molecule has 1 nitrogen and oxygen atoms in total. The van der Waals surface area contributed by atoms with Crippen LogP contribution in [-0.2, 0) is 6.42 Å². The molecule has 2 aromatic rings. The lowest BCUT2D eigenvalue weighted by Gasteiger charge is -2.28. The molecule has 152 valence electrons. The van der Waals surface area contributed by atoms with Crippen LogP contribution in [0.2, 0.25) is 0 Å². The van der Waals surface area contributed by atoms with Gasteiger partial charge in [0.1, 0.15) is 5.75 Å². The molecular weight excluding hydrogens is 354 g/mol. The fraction of sp³-hybridized carbons (Fsp3) is 0.520. The number of alkyl halides is 2. The first kappa shape index (κ1) is 20.8. The molecule has 28 heavy (non-hydrogen) atoms. The van der Waals surface area contributed by atoms with E-state index >= 15 is 0 Å². The highest BCUT2D eigenvalue weighted by Crippen LogP contribution is 2.37. The largest absolute Gasteiger partial charge is 0.435 e. The van der Waals surface area contributed by atoms with E-state index in [2.05, 4.69) is 42.8 Å². The highest BCUT2D eigenvalue weighted by atomic mass is 19.3. The van der Waals surface area contributed by atoms with Crippen molar-refractivity contribution < 1.29 is 13.5 Å². The third kappa shape index (κ3) is 5.80. The number of ether oxygens (including phenoxy) is 1. The van der Waals surface area contributed by atoms with Gasteiger partial charge in [-0.15, -0.1) is 0 Å². The first-order chi connectivity index (χ1) is 13.5. The van der Waals surface area contributed by atoms with Gasteiger partial charge in [0.15, 0.2) is 0 Å². The Balaban J connectivity index is 1.54. The van der Waals surface area contributed by atoms with Crippen molar-refractivity contribution in [2.75, 3.05) is 0 Å². The lowest BCUT2D eigenvalue weighted by molar-refractivity contribution is -0.0498. The maximum atomic E-state index is 12.3. The van der Waals surface area contributed by atoms with E-state index in [0.29, 0.717) is 5.92 Å². The summed E-state index contributed by atoms with van der Waals surface area (Å²) >= 11 is 0. The molecule has 0 bridgehead atoms. The van der Waals surface area contributed by atoms with Gasteiger partial charge >= 0.3 is 6.61 Å². The lowest BCUT2D eigenvalue weighted by atomic mass is 9.77. The molecule has 0 saturated heterocycles. The van der Waals surface area contributed by atoms with E-state index in [0.717, 1.165) is 23.8 Å². The van der Waals surface area contributed by atoms with Crippen LogP contribution in [0.25, 0.3) is 0 Å². The topological polar surface area (TPSA) is 9.23 Å². The Labute approximate surface area is 168 Å². The van der Waals surface area contributed by atoms with E-state index in [1.165, 1.54) is 49.7 Å². The summed E-state index contributed by atoms with van der Waals surface area (Å²) in [6.07, 6.45) is 9.05. The summed E-state index contributed by atoms with van der Waals surface area (Å²) in [5, 5.41) is 0. The van der Waals surface area contributed by atoms with Gasteiger partial charge in [-0.25, -0.2) is 0 Å². The fourth-order valence-corrected chi connectivity index (χ4v) is 4.57. The number of rotatable bonds is 8. The Bertz CT molecular complexity index is 700. The van der Waals surface area contributed by atoms with E-state index in [1.807, 2.05) is 12.1 Å². The molecule has 1 fully saturated rings. The molecule has 0 aromatic heterocycles. The second-order valence-corrected chi connectivity index (χ2v) is 8.30. The van der Waals surface area contributed by atoms with Crippen LogP contribution in [0.3, 0.4) is 0 Å². The number of halogens is 2. The van der Waals surface area contributed by atoms with Gasteiger partial charge in [0.2, 0.25) is 0 Å². The first-order valence-corrected chi connectivity index (χ1v) is 10.7. The summed E-state index contributed by atoms with van der Waals surface area (Å²) < 4.78 is 29.0. The highest BCUT2D eigenvalue weighted by Gasteiger charge is 2.21. The number of hydrogen-bond acceptors (Lipinski definition) is 1. The fourth-order valence-electron chi connectivity index (χ4n) is 4.57. The van der Waals surface area contributed by atoms with Crippen LogP contribution >= 0.6 is 0 Å². The van der Waals surface area contributed by atoms with Crippen LogP contribution in [0.5, 0.6) is 5.75 Å². The summed E-state index contributed by atoms with van der Waals surface area (Å²) in [5.74, 6) is 2.21. The molecule has 3 rings (SSSR count). The Morgan fingerprint density at radius 1 is 0.929 bits per heavy atom. The van der Waals surface area contributed by atoms with Crippen LogP contribution in [0.4, 0.5) is 8.78 Å². The molecule has 0 spiro atoms. The smallest absolute Gasteiger partial charge is 0.387 e. The van der Waals surface area contributed by atoms with Crippen molar-refractivity contribution in [1.29, 1.82) is 0 Å². The number of benzene rings is 2. The molecule has 0 heterocycles. The molecule has 0 radical (unpaired) electrons. The van der Waals surface area contributed by atoms with E-state index in [4.69, 9.17) is 0 Å². The molecule has 0 unspecified atom stereocenters. The van der Waals surface area contributed by atoms with Gasteiger partial charge in [-0.2, -0.15) is 8.78 Å². The minimum atomic E-state index is -2.77. The molecule has 2 aromatic carbocycles. The average Bonchev–Trinajstić information content (AvgIpc) is 2.69. The van der Waals surface area contributed by atoms with Crippen LogP contribution < -0.4 is 4.74 Å². The van der Waals surface area contributed by atoms with Crippen molar-refractivity contribution >= 4 is 0 Å². The van der Waals surface area contributed by atoms with Crippen molar-refractivity contribution in [2.45, 2.75) is 77.2 Å². The van der Waals surface area contributed by atoms with Crippen molar-refractivity contribution in [3.63, 3.8) is 0 Å². The SMILES string of the molecule is CCCC1CCC(c2ccc(C[C@@H](C)c3ccc(OC(F)F)cc3)cc2)CC1. The molecule has 1 aliphatic rings. The van der Waals surface area contributed by atoms with Crippen LogP contribution in [0.1, 0.15) is 80.9 Å². The number of hydrogen-bond donors (Lipinski definition) is 0. The van der Waals surface area contributed by atoms with Gasteiger partial charge in [-0.3, -0.25) is 0 Å². The second-order valence-electron chi connectivity index (χ2n) is 8.30. The molecular formula is C25H32F2O. The van der Waals surface area contributed by atoms with Gasteiger partial charge in [-0.05, 0) is 78.7 Å². The van der Waals surface area contributed by atoms with Crippen molar-refractivity contribution in [2.24, 2.45) is 5.92 Å². The Morgan fingerprint density at radius 3 is 2.14 bits per heavy atom.